The van der Waals surface area contributed by atoms with Crippen LogP contribution >= 0.6 is 0 Å². The lowest BCUT2D eigenvalue weighted by atomic mass is 9.85. The summed E-state index contributed by atoms with van der Waals surface area (Å²) in [6.07, 6.45) is 2.86. The van der Waals surface area contributed by atoms with Crippen molar-refractivity contribution in [3.05, 3.63) is 23.3 Å². The summed E-state index contributed by atoms with van der Waals surface area (Å²) in [6.45, 7) is 5.58. The molecule has 1 fully saturated rings. The van der Waals surface area contributed by atoms with Gasteiger partial charge in [0.05, 0.1) is 0 Å². The van der Waals surface area contributed by atoms with Crippen molar-refractivity contribution in [2.75, 3.05) is 26.7 Å². The third kappa shape index (κ3) is 4.40. The molecule has 3 unspecified atom stereocenters. The topological polar surface area (TPSA) is 93.1 Å². The Hall–Kier alpha value is -1.99. The molecular weight excluding hydrogens is 338 g/mol. The molecular formula is C19H27NO6. The number of hydrogen-bond acceptors (Lipinski definition) is 7. The second-order valence-electron chi connectivity index (χ2n) is 7.18. The fourth-order valence-corrected chi connectivity index (χ4v) is 2.92. The van der Waals surface area contributed by atoms with Crippen LogP contribution in [0, 0.1) is 5.92 Å². The Labute approximate surface area is 153 Å². The van der Waals surface area contributed by atoms with Crippen molar-refractivity contribution in [2.24, 2.45) is 5.92 Å². The third-order valence-electron chi connectivity index (χ3n) is 5.15. The number of carbonyl (C=O) groups is 3. The van der Waals surface area contributed by atoms with Gasteiger partial charge in [-0.2, -0.15) is 0 Å². The molecule has 2 bridgehead atoms. The van der Waals surface area contributed by atoms with Crippen molar-refractivity contribution >= 4 is 17.7 Å². The summed E-state index contributed by atoms with van der Waals surface area (Å²) >= 11 is 0. The Kier molecular flexibility index (Phi) is 6.36. The molecule has 2 rings (SSSR count). The highest BCUT2D eigenvalue weighted by molar-refractivity contribution is 6.01. The summed E-state index contributed by atoms with van der Waals surface area (Å²) in [5.41, 5.74) is -1.19. The quantitative estimate of drug-likeness (QED) is 0.506. The van der Waals surface area contributed by atoms with Crippen LogP contribution in [0.15, 0.2) is 23.3 Å². The molecule has 0 saturated carbocycles. The third-order valence-corrected chi connectivity index (χ3v) is 5.15. The second-order valence-corrected chi connectivity index (χ2v) is 7.18. The first-order valence-corrected chi connectivity index (χ1v) is 8.84. The first kappa shape index (κ1) is 20.3. The van der Waals surface area contributed by atoms with E-state index < -0.39 is 29.6 Å². The SMILES string of the molecule is CC=C1CC(C)C(C)(O)C(=O)OC/C2=C/CN(C)CCC(OC1=O)C2=O. The fourth-order valence-electron chi connectivity index (χ4n) is 2.92. The number of likely N-dealkylation sites (N-methyl/N-ethyl adjacent to an activating group) is 1. The summed E-state index contributed by atoms with van der Waals surface area (Å²) in [4.78, 5) is 39.7. The fraction of sp³-hybridized carbons (Fsp3) is 0.632. The summed E-state index contributed by atoms with van der Waals surface area (Å²) in [5, 5.41) is 10.6. The Balaban J connectivity index is 2.42. The molecule has 0 aliphatic carbocycles. The summed E-state index contributed by atoms with van der Waals surface area (Å²) in [6, 6.07) is 0. The maximum Gasteiger partial charge on any atom is 0.338 e. The van der Waals surface area contributed by atoms with Gasteiger partial charge in [0, 0.05) is 30.7 Å². The van der Waals surface area contributed by atoms with Gasteiger partial charge in [-0.3, -0.25) is 4.79 Å². The highest BCUT2D eigenvalue weighted by atomic mass is 16.6. The number of carbonyl (C=O) groups excluding carboxylic acids is 3. The van der Waals surface area contributed by atoms with Gasteiger partial charge in [-0.15, -0.1) is 0 Å². The van der Waals surface area contributed by atoms with Gasteiger partial charge < -0.3 is 19.5 Å². The largest absolute Gasteiger partial charge is 0.459 e. The molecule has 1 N–H and O–H groups in total. The van der Waals surface area contributed by atoms with Gasteiger partial charge >= 0.3 is 11.9 Å². The number of ether oxygens (including phenoxy) is 2. The van der Waals surface area contributed by atoms with E-state index in [4.69, 9.17) is 9.47 Å². The molecule has 144 valence electrons. The lowest BCUT2D eigenvalue weighted by molar-refractivity contribution is -0.169. The number of nitrogens with zero attached hydrogens (tertiary/aromatic N) is 1. The highest BCUT2D eigenvalue weighted by Crippen LogP contribution is 2.27. The zero-order chi connectivity index (χ0) is 19.5. The number of cyclic esters (lactones) is 1. The van der Waals surface area contributed by atoms with Crippen LogP contribution in [0.1, 0.15) is 33.6 Å². The first-order valence-electron chi connectivity index (χ1n) is 8.84. The minimum absolute atomic E-state index is 0.140. The number of hydrogen-bond donors (Lipinski definition) is 1. The van der Waals surface area contributed by atoms with Crippen molar-refractivity contribution in [1.29, 1.82) is 0 Å². The standard InChI is InChI=1S/C19H27NO6/c1-5-13-10-12(2)19(3,24)18(23)25-11-14-6-8-20(4)9-7-15(16(14)21)26-17(13)22/h5-6,12,15,24H,7-11H2,1-4H3/b13-5?,14-6-. The van der Waals surface area contributed by atoms with Gasteiger partial charge in [0.15, 0.2) is 11.7 Å². The summed E-state index contributed by atoms with van der Waals surface area (Å²) in [5.74, 6) is -2.32. The Bertz CT molecular complexity index is 648. The zero-order valence-corrected chi connectivity index (χ0v) is 15.8. The lowest BCUT2D eigenvalue weighted by Crippen LogP contribution is -2.45. The van der Waals surface area contributed by atoms with Crippen molar-refractivity contribution in [2.45, 2.75) is 45.3 Å². The number of aliphatic hydroxyl groups is 1. The first-order chi connectivity index (χ1) is 12.2. The molecule has 7 nitrogen and oxygen atoms in total. The van der Waals surface area contributed by atoms with E-state index in [0.717, 1.165) is 0 Å². The lowest BCUT2D eigenvalue weighted by Gasteiger charge is -2.31. The van der Waals surface area contributed by atoms with E-state index in [1.807, 2.05) is 11.9 Å². The Morgan fingerprint density at radius 3 is 2.69 bits per heavy atom. The van der Waals surface area contributed by atoms with Crippen LogP contribution in [0.3, 0.4) is 0 Å². The van der Waals surface area contributed by atoms with E-state index in [2.05, 4.69) is 0 Å². The normalized spacial score (nSPS) is 36.0. The molecule has 7 heteroatoms. The van der Waals surface area contributed by atoms with E-state index in [1.54, 1.807) is 26.0 Å². The van der Waals surface area contributed by atoms with E-state index >= 15 is 0 Å². The van der Waals surface area contributed by atoms with Crippen molar-refractivity contribution in [3.63, 3.8) is 0 Å². The zero-order valence-electron chi connectivity index (χ0n) is 15.8. The van der Waals surface area contributed by atoms with Crippen LogP contribution in [-0.4, -0.2) is 66.2 Å². The van der Waals surface area contributed by atoms with Crippen LogP contribution in [0.4, 0.5) is 0 Å². The van der Waals surface area contributed by atoms with Gasteiger partial charge in [-0.25, -0.2) is 9.59 Å². The molecule has 0 aromatic carbocycles. The van der Waals surface area contributed by atoms with Gasteiger partial charge in [-0.05, 0) is 33.2 Å². The minimum atomic E-state index is -1.78. The maximum absolute atomic E-state index is 12.8. The molecule has 2 aliphatic heterocycles. The van der Waals surface area contributed by atoms with Gasteiger partial charge in [0.25, 0.3) is 0 Å². The predicted octanol–water partition coefficient (Wildman–Crippen LogP) is 1.01. The van der Waals surface area contributed by atoms with Gasteiger partial charge in [-0.1, -0.05) is 19.1 Å². The van der Waals surface area contributed by atoms with Gasteiger partial charge in [0.1, 0.15) is 6.61 Å². The monoisotopic (exact) mass is 365 g/mol. The van der Waals surface area contributed by atoms with Crippen LogP contribution in [0.2, 0.25) is 0 Å². The molecule has 2 heterocycles. The molecule has 2 aliphatic rings. The van der Waals surface area contributed by atoms with E-state index in [1.165, 1.54) is 6.92 Å². The van der Waals surface area contributed by atoms with E-state index in [0.29, 0.717) is 25.1 Å². The van der Waals surface area contributed by atoms with Crippen LogP contribution in [0.5, 0.6) is 0 Å². The van der Waals surface area contributed by atoms with Crippen molar-refractivity contribution in [1.82, 2.24) is 4.90 Å². The average molecular weight is 365 g/mol. The van der Waals surface area contributed by atoms with E-state index in [-0.39, 0.29) is 24.4 Å². The van der Waals surface area contributed by atoms with Crippen LogP contribution in [0.25, 0.3) is 0 Å². The smallest absolute Gasteiger partial charge is 0.338 e. The number of Topliss-reactive ketones (excluding diaryl/α,β-unsaturated/α-hetero) is 1. The molecule has 0 aromatic rings. The average Bonchev–Trinajstić information content (AvgIpc) is 2.59. The number of esters is 2. The maximum atomic E-state index is 12.8. The molecule has 0 spiro atoms. The summed E-state index contributed by atoms with van der Waals surface area (Å²) in [7, 11) is 1.89. The molecule has 0 amide bonds. The highest BCUT2D eigenvalue weighted by Gasteiger charge is 2.40. The number of allylic oxidation sites excluding steroid dienone is 1. The molecule has 26 heavy (non-hydrogen) atoms. The van der Waals surface area contributed by atoms with Gasteiger partial charge in [0.2, 0.25) is 5.78 Å². The van der Waals surface area contributed by atoms with Crippen molar-refractivity contribution < 1.29 is 29.0 Å². The molecule has 1 saturated heterocycles. The summed E-state index contributed by atoms with van der Waals surface area (Å²) < 4.78 is 10.7. The number of fused-ring (bicyclic) bond motifs is 2. The Morgan fingerprint density at radius 2 is 2.04 bits per heavy atom. The number of rotatable bonds is 0. The minimum Gasteiger partial charge on any atom is -0.459 e. The van der Waals surface area contributed by atoms with Crippen LogP contribution in [-0.2, 0) is 23.9 Å². The molecule has 0 radical (unpaired) electrons. The van der Waals surface area contributed by atoms with Crippen LogP contribution < -0.4 is 0 Å². The second kappa shape index (κ2) is 8.14. The molecule has 0 aromatic heterocycles. The molecule has 3 atom stereocenters. The Morgan fingerprint density at radius 1 is 1.35 bits per heavy atom. The number of ketones is 1. The predicted molar refractivity (Wildman–Crippen MR) is 94.2 cm³/mol. The van der Waals surface area contributed by atoms with E-state index in [9.17, 15) is 19.5 Å². The van der Waals surface area contributed by atoms with Crippen molar-refractivity contribution in [3.8, 4) is 0 Å².